The Labute approximate surface area is 253 Å². The van der Waals surface area contributed by atoms with Crippen LogP contribution in [0.3, 0.4) is 0 Å². The second-order valence-electron chi connectivity index (χ2n) is 11.8. The van der Waals surface area contributed by atoms with Crippen molar-refractivity contribution >= 4 is 34.9 Å². The molecular weight excluding hydrogens is 547 g/mol. The Bertz CT molecular complexity index is 1290. The molecule has 41 heavy (non-hydrogen) atoms. The first-order valence-corrected chi connectivity index (χ1v) is 17.0. The van der Waals surface area contributed by atoms with E-state index in [0.29, 0.717) is 6.54 Å². The highest BCUT2D eigenvalue weighted by Gasteiger charge is 2.29. The van der Waals surface area contributed by atoms with Gasteiger partial charge in [0.25, 0.3) is 11.8 Å². The van der Waals surface area contributed by atoms with Crippen molar-refractivity contribution in [3.63, 3.8) is 0 Å². The molecule has 0 radical (unpaired) electrons. The molecule has 3 heterocycles. The molecule has 2 aliphatic heterocycles. The Hall–Kier alpha value is -2.61. The van der Waals surface area contributed by atoms with Crippen LogP contribution in [-0.4, -0.2) is 76.8 Å². The van der Waals surface area contributed by atoms with Crippen molar-refractivity contribution in [2.24, 2.45) is 5.92 Å². The summed E-state index contributed by atoms with van der Waals surface area (Å²) in [6.45, 7) is 12.2. The molecule has 2 amide bonds. The predicted octanol–water partition coefficient (Wildman–Crippen LogP) is 7.07. The number of piperidine rings is 1. The predicted molar refractivity (Wildman–Crippen MR) is 173 cm³/mol. The van der Waals surface area contributed by atoms with E-state index in [-0.39, 0.29) is 17.9 Å². The average molecular weight is 590 g/mol. The van der Waals surface area contributed by atoms with Crippen molar-refractivity contribution in [1.29, 1.82) is 0 Å². The third-order valence-corrected chi connectivity index (χ3v) is 10.2. The zero-order valence-electron chi connectivity index (χ0n) is 24.7. The number of nitrogens with zero attached hydrogens (tertiary/aromatic N) is 3. The van der Waals surface area contributed by atoms with Gasteiger partial charge in [0.1, 0.15) is 0 Å². The second kappa shape index (κ2) is 14.0. The van der Waals surface area contributed by atoms with Crippen molar-refractivity contribution in [3.05, 3.63) is 81.5 Å². The van der Waals surface area contributed by atoms with Gasteiger partial charge in [0, 0.05) is 60.7 Å². The molecule has 0 N–H and O–H groups in total. The summed E-state index contributed by atoms with van der Waals surface area (Å²) in [7, 11) is 0. The molecule has 0 aliphatic carbocycles. The fourth-order valence-electron chi connectivity index (χ4n) is 5.71. The van der Waals surface area contributed by atoms with Gasteiger partial charge in [-0.3, -0.25) is 9.59 Å². The molecule has 5 nitrogen and oxygen atoms in total. The number of hydrogen-bond acceptors (Lipinski definition) is 5. The molecule has 1 aromatic heterocycles. The zero-order valence-corrected chi connectivity index (χ0v) is 26.3. The molecule has 0 atom stereocenters. The van der Waals surface area contributed by atoms with Crippen LogP contribution in [0.5, 0.6) is 0 Å². The Kier molecular flexibility index (Phi) is 10.2. The fraction of sp³-hybridized carbons (Fsp3) is 0.471. The minimum atomic E-state index is 0.128. The number of hydrogen-bond donors (Lipinski definition) is 0. The minimum absolute atomic E-state index is 0.128. The van der Waals surface area contributed by atoms with Gasteiger partial charge in [0.2, 0.25) is 0 Å². The number of benzene rings is 2. The average Bonchev–Trinajstić information content (AvgIpc) is 3.45. The summed E-state index contributed by atoms with van der Waals surface area (Å²) in [6.07, 6.45) is 3.27. The molecule has 218 valence electrons. The molecular formula is C34H43N3O2S2. The number of aryl methyl sites for hydroxylation is 1. The lowest BCUT2D eigenvalue weighted by atomic mass is 9.99. The van der Waals surface area contributed by atoms with Crippen LogP contribution < -0.4 is 0 Å². The molecule has 0 unspecified atom stereocenters. The van der Waals surface area contributed by atoms with Crippen molar-refractivity contribution < 1.29 is 9.59 Å². The summed E-state index contributed by atoms with van der Waals surface area (Å²) in [4.78, 5) is 35.2. The van der Waals surface area contributed by atoms with Gasteiger partial charge in [-0.25, -0.2) is 0 Å². The quantitative estimate of drug-likeness (QED) is 0.268. The van der Waals surface area contributed by atoms with Crippen LogP contribution in [0.1, 0.15) is 63.6 Å². The van der Waals surface area contributed by atoms with E-state index >= 15 is 0 Å². The summed E-state index contributed by atoms with van der Waals surface area (Å²) in [6, 6.07) is 20.8. The maximum absolute atomic E-state index is 13.7. The summed E-state index contributed by atoms with van der Waals surface area (Å²) in [5, 5.41) is 0. The van der Waals surface area contributed by atoms with Crippen LogP contribution in [-0.2, 0) is 6.54 Å². The second-order valence-corrected chi connectivity index (χ2v) is 14.3. The van der Waals surface area contributed by atoms with Crippen molar-refractivity contribution in [2.45, 2.75) is 52.6 Å². The molecule has 7 heteroatoms. The lowest BCUT2D eigenvalue weighted by Crippen LogP contribution is -2.47. The molecule has 0 saturated carbocycles. The van der Waals surface area contributed by atoms with Gasteiger partial charge in [-0.2, -0.15) is 11.8 Å². The smallest absolute Gasteiger partial charge is 0.264 e. The van der Waals surface area contributed by atoms with E-state index in [1.807, 2.05) is 53.1 Å². The van der Waals surface area contributed by atoms with Crippen LogP contribution >= 0.6 is 23.1 Å². The molecule has 2 saturated heterocycles. The third-order valence-electron chi connectivity index (χ3n) is 8.30. The Morgan fingerprint density at radius 1 is 0.878 bits per heavy atom. The number of carbonyl (C=O) groups is 2. The molecule has 2 aromatic carbocycles. The van der Waals surface area contributed by atoms with Gasteiger partial charge < -0.3 is 14.7 Å². The van der Waals surface area contributed by atoms with Crippen LogP contribution in [0.25, 0.3) is 11.1 Å². The van der Waals surface area contributed by atoms with E-state index < -0.39 is 0 Å². The van der Waals surface area contributed by atoms with Crippen molar-refractivity contribution in [3.8, 4) is 11.1 Å². The maximum atomic E-state index is 13.7. The normalized spacial score (nSPS) is 16.7. The van der Waals surface area contributed by atoms with Gasteiger partial charge in [-0.15, -0.1) is 11.3 Å². The fourth-order valence-corrected chi connectivity index (χ4v) is 7.43. The van der Waals surface area contributed by atoms with Crippen LogP contribution in [0.2, 0.25) is 0 Å². The number of thiophene rings is 1. The number of amides is 2. The van der Waals surface area contributed by atoms with E-state index in [2.05, 4.69) is 54.8 Å². The highest BCUT2D eigenvalue weighted by Crippen LogP contribution is 2.27. The lowest BCUT2D eigenvalue weighted by Gasteiger charge is -2.38. The van der Waals surface area contributed by atoms with E-state index in [1.165, 1.54) is 11.3 Å². The number of carbonyl (C=O) groups excluding carboxylic acids is 2. The largest absolute Gasteiger partial charge is 0.337 e. The summed E-state index contributed by atoms with van der Waals surface area (Å²) in [5.74, 6) is 3.03. The zero-order chi connectivity index (χ0) is 28.8. The topological polar surface area (TPSA) is 43.9 Å². The maximum Gasteiger partial charge on any atom is 0.264 e. The summed E-state index contributed by atoms with van der Waals surface area (Å²) in [5.41, 5.74) is 4.11. The van der Waals surface area contributed by atoms with Gasteiger partial charge in [-0.1, -0.05) is 50.2 Å². The molecule has 2 aliphatic rings. The summed E-state index contributed by atoms with van der Waals surface area (Å²) >= 11 is 3.50. The highest BCUT2D eigenvalue weighted by molar-refractivity contribution is 7.99. The van der Waals surface area contributed by atoms with E-state index in [9.17, 15) is 9.59 Å². The van der Waals surface area contributed by atoms with Gasteiger partial charge in [-0.05, 0) is 79.6 Å². The minimum Gasteiger partial charge on any atom is -0.337 e. The van der Waals surface area contributed by atoms with Crippen LogP contribution in [0.15, 0.2) is 60.7 Å². The van der Waals surface area contributed by atoms with Crippen molar-refractivity contribution in [1.82, 2.24) is 14.7 Å². The van der Waals surface area contributed by atoms with E-state index in [4.69, 9.17) is 0 Å². The molecule has 3 aromatic rings. The highest BCUT2D eigenvalue weighted by atomic mass is 32.2. The summed E-state index contributed by atoms with van der Waals surface area (Å²) < 4.78 is 0. The number of likely N-dealkylation sites (tertiary alicyclic amines) is 1. The Morgan fingerprint density at radius 3 is 2.10 bits per heavy atom. The monoisotopic (exact) mass is 589 g/mol. The van der Waals surface area contributed by atoms with Crippen LogP contribution in [0.4, 0.5) is 0 Å². The van der Waals surface area contributed by atoms with Crippen molar-refractivity contribution in [2.75, 3.05) is 44.2 Å². The first-order chi connectivity index (χ1) is 19.9. The van der Waals surface area contributed by atoms with Crippen LogP contribution in [0, 0.1) is 12.8 Å². The lowest BCUT2D eigenvalue weighted by molar-refractivity contribution is 0.0551. The van der Waals surface area contributed by atoms with Gasteiger partial charge in [0.15, 0.2) is 0 Å². The number of rotatable bonds is 9. The van der Waals surface area contributed by atoms with Gasteiger partial charge in [0.05, 0.1) is 4.88 Å². The molecule has 0 spiro atoms. The number of thioether (sulfide) groups is 1. The molecule has 2 fully saturated rings. The first kappa shape index (κ1) is 29.9. The third kappa shape index (κ3) is 7.82. The molecule has 5 rings (SSSR count). The van der Waals surface area contributed by atoms with E-state index in [0.717, 1.165) is 90.1 Å². The standard InChI is InChI=1S/C34H43N3O2S2/c1-25(2)14-17-35-18-15-31(16-19-35)37(34(39)32-13-4-26(3)41-32)24-27-5-7-28(8-6-27)29-9-11-30(12-10-29)33(38)36-20-22-40-23-21-36/h4-13,25,31H,14-24H2,1-3H3. The Balaban J connectivity index is 1.26. The van der Waals surface area contributed by atoms with Gasteiger partial charge >= 0.3 is 0 Å². The van der Waals surface area contributed by atoms with E-state index in [1.54, 1.807) is 11.3 Å². The first-order valence-electron chi connectivity index (χ1n) is 15.0. The molecule has 0 bridgehead atoms. The Morgan fingerprint density at radius 2 is 1.51 bits per heavy atom. The SMILES string of the molecule is Cc1ccc(C(=O)N(Cc2ccc(-c3ccc(C(=O)N4CCSCC4)cc3)cc2)C2CCN(CCC(C)C)CC2)s1.